The van der Waals surface area contributed by atoms with Crippen molar-refractivity contribution in [3.63, 3.8) is 0 Å². The number of carbonyl (C=O) groups excluding carboxylic acids is 1. The molecule has 0 unspecified atom stereocenters. The fourth-order valence-electron chi connectivity index (χ4n) is 2.61. The number of nitrogens with zero attached hydrogens (tertiary/aromatic N) is 1. The Kier molecular flexibility index (Phi) is 4.17. The highest BCUT2D eigenvalue weighted by Crippen LogP contribution is 2.36. The van der Waals surface area contributed by atoms with E-state index in [2.05, 4.69) is 5.16 Å². The summed E-state index contributed by atoms with van der Waals surface area (Å²) in [5.41, 5.74) is 1.23. The zero-order valence-corrected chi connectivity index (χ0v) is 14.7. The minimum absolute atomic E-state index is 0.0939. The van der Waals surface area contributed by atoms with Crippen LogP contribution >= 0.6 is 0 Å². The molecule has 0 bridgehead atoms. The van der Waals surface area contributed by atoms with Crippen LogP contribution in [0.3, 0.4) is 0 Å². The Morgan fingerprint density at radius 1 is 1.21 bits per heavy atom. The van der Waals surface area contributed by atoms with E-state index in [-0.39, 0.29) is 12.4 Å². The number of hydrogen-bond donors (Lipinski definition) is 0. The predicted octanol–water partition coefficient (Wildman–Crippen LogP) is 2.23. The molecule has 128 valence electrons. The SMILES string of the molecule is CCOC(=O)Cc1noc2cc(B3OC(C)(C)C(C)(C)O3)ccc12. The van der Waals surface area contributed by atoms with Gasteiger partial charge in [0.25, 0.3) is 0 Å². The molecule has 0 N–H and O–H groups in total. The Bertz CT molecular complexity index is 751. The van der Waals surface area contributed by atoms with Gasteiger partial charge in [-0.2, -0.15) is 0 Å². The molecule has 6 nitrogen and oxygen atoms in total. The number of esters is 1. The summed E-state index contributed by atoms with van der Waals surface area (Å²) < 4.78 is 22.4. The lowest BCUT2D eigenvalue weighted by atomic mass is 9.79. The second-order valence-corrected chi connectivity index (χ2v) is 6.95. The molecule has 0 amide bonds. The molecule has 24 heavy (non-hydrogen) atoms. The molecular formula is C17H22BNO5. The van der Waals surface area contributed by atoms with E-state index in [9.17, 15) is 4.79 Å². The van der Waals surface area contributed by atoms with E-state index in [1.807, 2.05) is 45.9 Å². The molecule has 1 saturated heterocycles. The van der Waals surface area contributed by atoms with Crippen LogP contribution in [0, 0.1) is 0 Å². The molecule has 1 aliphatic rings. The zero-order valence-electron chi connectivity index (χ0n) is 14.7. The van der Waals surface area contributed by atoms with E-state index in [1.54, 1.807) is 6.92 Å². The van der Waals surface area contributed by atoms with Gasteiger partial charge in [0.2, 0.25) is 0 Å². The first-order valence-electron chi connectivity index (χ1n) is 8.13. The highest BCUT2D eigenvalue weighted by molar-refractivity contribution is 6.62. The smallest absolute Gasteiger partial charge is 0.466 e. The summed E-state index contributed by atoms with van der Waals surface area (Å²) in [6, 6.07) is 5.64. The highest BCUT2D eigenvalue weighted by Gasteiger charge is 2.51. The van der Waals surface area contributed by atoms with Crippen LogP contribution in [0.5, 0.6) is 0 Å². The Labute approximate surface area is 141 Å². The van der Waals surface area contributed by atoms with E-state index in [0.717, 1.165) is 10.8 Å². The normalized spacial score (nSPS) is 19.0. The van der Waals surface area contributed by atoms with Gasteiger partial charge in [0.1, 0.15) is 5.69 Å². The molecule has 1 aliphatic heterocycles. The van der Waals surface area contributed by atoms with Gasteiger partial charge in [-0.25, -0.2) is 0 Å². The zero-order chi connectivity index (χ0) is 17.5. The largest absolute Gasteiger partial charge is 0.494 e. The quantitative estimate of drug-likeness (QED) is 0.632. The third kappa shape index (κ3) is 2.94. The number of rotatable bonds is 4. The van der Waals surface area contributed by atoms with Gasteiger partial charge in [-0.3, -0.25) is 4.79 Å². The van der Waals surface area contributed by atoms with Crippen LogP contribution in [-0.4, -0.2) is 36.1 Å². The monoisotopic (exact) mass is 331 g/mol. The number of aromatic nitrogens is 1. The van der Waals surface area contributed by atoms with Gasteiger partial charge in [0.15, 0.2) is 5.58 Å². The van der Waals surface area contributed by atoms with Crippen molar-refractivity contribution in [2.24, 2.45) is 0 Å². The summed E-state index contributed by atoms with van der Waals surface area (Å²) in [4.78, 5) is 11.6. The molecule has 0 spiro atoms. The molecule has 0 saturated carbocycles. The van der Waals surface area contributed by atoms with E-state index in [1.165, 1.54) is 0 Å². The fourth-order valence-corrected chi connectivity index (χ4v) is 2.61. The van der Waals surface area contributed by atoms with Gasteiger partial charge in [-0.1, -0.05) is 11.2 Å². The van der Waals surface area contributed by atoms with E-state index >= 15 is 0 Å². The van der Waals surface area contributed by atoms with Crippen molar-refractivity contribution in [3.05, 3.63) is 23.9 Å². The van der Waals surface area contributed by atoms with E-state index in [0.29, 0.717) is 17.9 Å². The van der Waals surface area contributed by atoms with Crippen LogP contribution in [0.2, 0.25) is 0 Å². The van der Waals surface area contributed by atoms with Gasteiger partial charge < -0.3 is 18.6 Å². The molecule has 1 aromatic heterocycles. The third-order valence-electron chi connectivity index (χ3n) is 4.71. The van der Waals surface area contributed by atoms with Gasteiger partial charge >= 0.3 is 13.1 Å². The van der Waals surface area contributed by atoms with Crippen LogP contribution in [0.4, 0.5) is 0 Å². The molecule has 1 aromatic carbocycles. The molecular weight excluding hydrogens is 309 g/mol. The summed E-state index contributed by atoms with van der Waals surface area (Å²) in [6.45, 7) is 10.2. The number of fused-ring (bicyclic) bond motifs is 1. The Morgan fingerprint density at radius 2 is 1.88 bits per heavy atom. The molecule has 3 rings (SSSR count). The number of carbonyl (C=O) groups is 1. The molecule has 7 heteroatoms. The van der Waals surface area contributed by atoms with Crippen LogP contribution in [0.15, 0.2) is 22.7 Å². The molecule has 0 aliphatic carbocycles. The maximum Gasteiger partial charge on any atom is 0.494 e. The fraction of sp³-hybridized carbons (Fsp3) is 0.529. The third-order valence-corrected chi connectivity index (χ3v) is 4.71. The van der Waals surface area contributed by atoms with Crippen LogP contribution in [0.25, 0.3) is 11.0 Å². The van der Waals surface area contributed by atoms with Crippen molar-refractivity contribution in [3.8, 4) is 0 Å². The molecule has 1 fully saturated rings. The second-order valence-electron chi connectivity index (χ2n) is 6.95. The van der Waals surface area contributed by atoms with Crippen molar-refractivity contribution < 1.29 is 23.4 Å². The number of hydrogen-bond acceptors (Lipinski definition) is 6. The van der Waals surface area contributed by atoms with Crippen molar-refractivity contribution >= 4 is 29.5 Å². The van der Waals surface area contributed by atoms with E-state index in [4.69, 9.17) is 18.6 Å². The van der Waals surface area contributed by atoms with Crippen molar-refractivity contribution in [2.45, 2.75) is 52.2 Å². The average Bonchev–Trinajstić information content (AvgIpc) is 2.97. The Hall–Kier alpha value is -1.86. The second kappa shape index (κ2) is 5.90. The van der Waals surface area contributed by atoms with Gasteiger partial charge in [-0.05, 0) is 52.2 Å². The predicted molar refractivity (Wildman–Crippen MR) is 90.1 cm³/mol. The lowest BCUT2D eigenvalue weighted by Crippen LogP contribution is -2.41. The lowest BCUT2D eigenvalue weighted by Gasteiger charge is -2.32. The van der Waals surface area contributed by atoms with Gasteiger partial charge in [0.05, 0.1) is 24.2 Å². The van der Waals surface area contributed by atoms with Gasteiger partial charge in [-0.15, -0.1) is 0 Å². The number of ether oxygens (including phenoxy) is 1. The highest BCUT2D eigenvalue weighted by atomic mass is 16.7. The van der Waals surface area contributed by atoms with Crippen molar-refractivity contribution in [2.75, 3.05) is 6.61 Å². The Morgan fingerprint density at radius 3 is 2.50 bits per heavy atom. The maximum absolute atomic E-state index is 11.6. The van der Waals surface area contributed by atoms with Crippen LogP contribution < -0.4 is 5.46 Å². The number of benzene rings is 1. The lowest BCUT2D eigenvalue weighted by molar-refractivity contribution is -0.142. The first-order valence-corrected chi connectivity index (χ1v) is 8.13. The van der Waals surface area contributed by atoms with Crippen LogP contribution in [0.1, 0.15) is 40.3 Å². The van der Waals surface area contributed by atoms with E-state index < -0.39 is 18.3 Å². The minimum Gasteiger partial charge on any atom is -0.466 e. The summed E-state index contributed by atoms with van der Waals surface area (Å²) >= 11 is 0. The molecule has 0 radical (unpaired) electrons. The maximum atomic E-state index is 11.6. The topological polar surface area (TPSA) is 70.8 Å². The van der Waals surface area contributed by atoms with Crippen LogP contribution in [-0.2, 0) is 25.3 Å². The average molecular weight is 331 g/mol. The van der Waals surface area contributed by atoms with Gasteiger partial charge in [0, 0.05) is 5.39 Å². The van der Waals surface area contributed by atoms with Crippen molar-refractivity contribution in [1.82, 2.24) is 5.16 Å². The molecule has 0 atom stereocenters. The van der Waals surface area contributed by atoms with Crippen molar-refractivity contribution in [1.29, 1.82) is 0 Å². The first kappa shape index (κ1) is 17.0. The first-order chi connectivity index (χ1) is 11.2. The standard InChI is InChI=1S/C17H22BNO5/c1-6-21-15(20)10-13-12-8-7-11(9-14(12)22-19-13)18-23-16(2,3)17(4,5)24-18/h7-9H,6,10H2,1-5H3. The Balaban J connectivity index is 1.85. The summed E-state index contributed by atoms with van der Waals surface area (Å²) in [5, 5.41) is 4.78. The summed E-state index contributed by atoms with van der Waals surface area (Å²) in [6.07, 6.45) is 0.0939. The molecule has 2 heterocycles. The minimum atomic E-state index is -0.460. The summed E-state index contributed by atoms with van der Waals surface area (Å²) in [5.74, 6) is -0.317. The molecule has 2 aromatic rings. The summed E-state index contributed by atoms with van der Waals surface area (Å²) in [7, 11) is -0.460.